The summed E-state index contributed by atoms with van der Waals surface area (Å²) in [6.07, 6.45) is 0.495. The highest BCUT2D eigenvalue weighted by Gasteiger charge is 2.27. The van der Waals surface area contributed by atoms with Gasteiger partial charge in [0.2, 0.25) is 10.0 Å². The quantitative estimate of drug-likeness (QED) is 0.138. The molecule has 0 fully saturated rings. The van der Waals surface area contributed by atoms with E-state index in [1.807, 2.05) is 4.72 Å². The number of hydrogen-bond acceptors (Lipinski definition) is 7. The molecule has 2 aromatic carbocycles. The average Bonchev–Trinajstić information content (AvgIpc) is 2.85. The molecule has 0 aliphatic rings. The number of hydroxylamine groups is 1. The molecule has 37 heavy (non-hydrogen) atoms. The van der Waals surface area contributed by atoms with Gasteiger partial charge in [-0.3, -0.25) is 10.0 Å². The van der Waals surface area contributed by atoms with E-state index in [2.05, 4.69) is 10.6 Å². The molecule has 204 valence electrons. The van der Waals surface area contributed by atoms with Gasteiger partial charge in [-0.15, -0.1) is 0 Å². The third-order valence-electron chi connectivity index (χ3n) is 4.84. The number of sulfonamides is 1. The van der Waals surface area contributed by atoms with Crippen molar-refractivity contribution in [2.75, 3.05) is 26.8 Å². The van der Waals surface area contributed by atoms with Gasteiger partial charge in [0, 0.05) is 20.2 Å². The van der Waals surface area contributed by atoms with E-state index in [-0.39, 0.29) is 25.1 Å². The number of nitrogens with one attached hydrogen (secondary N) is 4. The molecule has 0 aromatic heterocycles. The Labute approximate surface area is 211 Å². The second-order valence-corrected chi connectivity index (χ2v) is 9.31. The zero-order valence-electron chi connectivity index (χ0n) is 19.7. The molecule has 0 bridgehead atoms. The topological polar surface area (TPSA) is 155 Å². The highest BCUT2D eigenvalue weighted by molar-refractivity contribution is 7.89. The van der Waals surface area contributed by atoms with Crippen LogP contribution in [-0.4, -0.2) is 58.4 Å². The van der Waals surface area contributed by atoms with Gasteiger partial charge >= 0.3 is 6.03 Å². The lowest BCUT2D eigenvalue weighted by atomic mass is 10.1. The Balaban J connectivity index is 2.02. The van der Waals surface area contributed by atoms with Crippen molar-refractivity contribution in [2.24, 2.45) is 0 Å². The number of carbonyl (C=O) groups excluding carboxylic acids is 2. The van der Waals surface area contributed by atoms with E-state index in [1.165, 1.54) is 12.6 Å². The first kappa shape index (κ1) is 29.8. The van der Waals surface area contributed by atoms with Crippen LogP contribution < -0.4 is 25.6 Å². The minimum absolute atomic E-state index is 0.0884. The van der Waals surface area contributed by atoms with Crippen LogP contribution in [0, 0.1) is 17.5 Å². The molecule has 0 aliphatic carbocycles. The van der Waals surface area contributed by atoms with Crippen molar-refractivity contribution in [2.45, 2.75) is 30.2 Å². The number of halogens is 3. The summed E-state index contributed by atoms with van der Waals surface area (Å²) in [5.41, 5.74) is 1.34. The van der Waals surface area contributed by atoms with Crippen molar-refractivity contribution < 1.29 is 45.9 Å². The van der Waals surface area contributed by atoms with Crippen molar-refractivity contribution >= 4 is 22.0 Å². The van der Waals surface area contributed by atoms with Gasteiger partial charge in [0.25, 0.3) is 5.91 Å². The number of benzene rings is 2. The summed E-state index contributed by atoms with van der Waals surface area (Å²) in [7, 11) is -3.14. The summed E-state index contributed by atoms with van der Waals surface area (Å²) >= 11 is 0. The van der Waals surface area contributed by atoms with Gasteiger partial charge in [-0.1, -0.05) is 0 Å². The first-order chi connectivity index (χ1) is 17.6. The Morgan fingerprint density at radius 1 is 1.00 bits per heavy atom. The number of ether oxygens (including phenoxy) is 2. The van der Waals surface area contributed by atoms with Crippen LogP contribution in [0.1, 0.15) is 19.3 Å². The Hall–Kier alpha value is -3.40. The molecule has 5 N–H and O–H groups in total. The third kappa shape index (κ3) is 9.53. The number of unbranched alkanes of at least 4 members (excludes halogenated alkanes) is 1. The van der Waals surface area contributed by atoms with Crippen LogP contribution in [0.2, 0.25) is 0 Å². The van der Waals surface area contributed by atoms with Crippen LogP contribution >= 0.6 is 0 Å². The summed E-state index contributed by atoms with van der Waals surface area (Å²) in [4.78, 5) is 22.7. The Bertz CT molecular complexity index is 1140. The molecule has 11 nitrogen and oxygen atoms in total. The number of methoxy groups -OCH3 is 1. The van der Waals surface area contributed by atoms with Crippen LogP contribution in [0.4, 0.5) is 18.0 Å². The second kappa shape index (κ2) is 14.4. The van der Waals surface area contributed by atoms with E-state index in [9.17, 15) is 31.2 Å². The Kier molecular flexibility index (Phi) is 11.6. The average molecular weight is 549 g/mol. The highest BCUT2D eigenvalue weighted by Crippen LogP contribution is 2.30. The van der Waals surface area contributed by atoms with Gasteiger partial charge < -0.3 is 20.1 Å². The fraction of sp³-hybridized carbons (Fsp3) is 0.364. The lowest BCUT2D eigenvalue weighted by Gasteiger charge is -2.17. The van der Waals surface area contributed by atoms with Crippen molar-refractivity contribution in [3.63, 3.8) is 0 Å². The number of amides is 3. The van der Waals surface area contributed by atoms with Gasteiger partial charge in [-0.25, -0.2) is 31.9 Å². The summed E-state index contributed by atoms with van der Waals surface area (Å²) in [6, 6.07) is 3.34. The molecule has 1 atom stereocenters. The lowest BCUT2D eigenvalue weighted by molar-refractivity contribution is -0.131. The molecular weight excluding hydrogens is 521 g/mol. The van der Waals surface area contributed by atoms with E-state index in [1.54, 1.807) is 0 Å². The van der Waals surface area contributed by atoms with Gasteiger partial charge in [0.05, 0.1) is 11.5 Å². The second-order valence-electron chi connectivity index (χ2n) is 7.59. The summed E-state index contributed by atoms with van der Waals surface area (Å²) in [6.45, 7) is 0.859. The summed E-state index contributed by atoms with van der Waals surface area (Å²) in [5, 5.41) is 14.1. The molecular formula is C22H27F3N4O7S. The smallest absolute Gasteiger partial charge is 0.314 e. The molecule has 3 amide bonds. The molecule has 0 saturated heterocycles. The minimum atomic E-state index is -4.62. The minimum Gasteiger partial charge on any atom is -0.451 e. The standard InChI is InChI=1S/C22H27F3N4O7S/c1-35-11-10-27-22(31)26-9-3-2-4-19(21(30)28-32)29-37(33,34)16-12-17(24)20(18(25)13-16)36-15-7-5-14(23)6-8-15/h5-8,12-13,19,29,32H,2-4,9-11H2,1H3,(H,28,30)(H2,26,27,31)/t19-/m1/s1. The van der Waals surface area contributed by atoms with E-state index in [0.717, 1.165) is 24.3 Å². The largest absolute Gasteiger partial charge is 0.451 e. The number of hydrogen-bond donors (Lipinski definition) is 5. The SMILES string of the molecule is COCCNC(=O)NCCCC[C@@H](NS(=O)(=O)c1cc(F)c(Oc2ccc(F)cc2)c(F)c1)C(=O)NO. The van der Waals surface area contributed by atoms with Crippen molar-refractivity contribution in [3.8, 4) is 11.5 Å². The Morgan fingerprint density at radius 3 is 2.22 bits per heavy atom. The highest BCUT2D eigenvalue weighted by atomic mass is 32.2. The van der Waals surface area contributed by atoms with Crippen LogP contribution in [0.5, 0.6) is 11.5 Å². The molecule has 0 aliphatic heterocycles. The van der Waals surface area contributed by atoms with Crippen molar-refractivity contribution in [1.29, 1.82) is 0 Å². The van der Waals surface area contributed by atoms with E-state index >= 15 is 0 Å². The predicted molar refractivity (Wildman–Crippen MR) is 124 cm³/mol. The van der Waals surface area contributed by atoms with Crippen LogP contribution in [0.25, 0.3) is 0 Å². The first-order valence-electron chi connectivity index (χ1n) is 11.0. The van der Waals surface area contributed by atoms with E-state index in [4.69, 9.17) is 14.7 Å². The maximum absolute atomic E-state index is 14.5. The van der Waals surface area contributed by atoms with Gasteiger partial charge in [0.15, 0.2) is 17.4 Å². The van der Waals surface area contributed by atoms with Crippen LogP contribution in [0.3, 0.4) is 0 Å². The molecule has 0 radical (unpaired) electrons. The summed E-state index contributed by atoms with van der Waals surface area (Å²) in [5.74, 6) is -5.40. The zero-order valence-corrected chi connectivity index (χ0v) is 20.5. The van der Waals surface area contributed by atoms with Gasteiger partial charge in [0.1, 0.15) is 17.6 Å². The lowest BCUT2D eigenvalue weighted by Crippen LogP contribution is -2.45. The number of rotatable bonds is 14. The maximum atomic E-state index is 14.5. The van der Waals surface area contributed by atoms with Gasteiger partial charge in [-0.05, 0) is 55.7 Å². The Morgan fingerprint density at radius 2 is 1.62 bits per heavy atom. The van der Waals surface area contributed by atoms with Crippen molar-refractivity contribution in [3.05, 3.63) is 53.8 Å². The maximum Gasteiger partial charge on any atom is 0.314 e. The third-order valence-corrected chi connectivity index (χ3v) is 6.29. The van der Waals surface area contributed by atoms with Crippen LogP contribution in [-0.2, 0) is 19.6 Å². The van der Waals surface area contributed by atoms with Crippen LogP contribution in [0.15, 0.2) is 41.3 Å². The fourth-order valence-electron chi connectivity index (χ4n) is 2.99. The molecule has 0 spiro atoms. The number of carbonyl (C=O) groups is 2. The van der Waals surface area contributed by atoms with E-state index < -0.39 is 56.1 Å². The molecule has 2 rings (SSSR count). The molecule has 0 unspecified atom stereocenters. The normalized spacial score (nSPS) is 12.0. The molecule has 15 heteroatoms. The fourth-order valence-corrected chi connectivity index (χ4v) is 4.24. The monoisotopic (exact) mass is 548 g/mol. The predicted octanol–water partition coefficient (Wildman–Crippen LogP) is 2.16. The van der Waals surface area contributed by atoms with E-state index in [0.29, 0.717) is 31.7 Å². The van der Waals surface area contributed by atoms with Gasteiger partial charge in [-0.2, -0.15) is 4.72 Å². The molecule has 0 saturated carbocycles. The zero-order chi connectivity index (χ0) is 27.4. The summed E-state index contributed by atoms with van der Waals surface area (Å²) < 4.78 is 79.3. The number of urea groups is 1. The first-order valence-corrected chi connectivity index (χ1v) is 12.4. The molecule has 2 aromatic rings. The molecule has 0 heterocycles. The van der Waals surface area contributed by atoms with Crippen molar-refractivity contribution in [1.82, 2.24) is 20.8 Å².